The quantitative estimate of drug-likeness (QED) is 0.561. The molecule has 0 saturated carbocycles. The Bertz CT molecular complexity index is 637. The van der Waals surface area contributed by atoms with Crippen LogP contribution in [0, 0.1) is 0 Å². The monoisotopic (exact) mass is 363 g/mol. The number of guanidine groups is 1. The van der Waals surface area contributed by atoms with E-state index in [0.29, 0.717) is 12.6 Å². The van der Waals surface area contributed by atoms with Crippen molar-refractivity contribution in [3.05, 3.63) is 11.6 Å². The number of aliphatic imine (C=N–C) groups is 1. The van der Waals surface area contributed by atoms with Gasteiger partial charge in [0.2, 0.25) is 5.91 Å². The van der Waals surface area contributed by atoms with E-state index in [-0.39, 0.29) is 18.5 Å². The molecule has 1 saturated heterocycles. The van der Waals surface area contributed by atoms with E-state index in [1.807, 2.05) is 9.58 Å². The Morgan fingerprint density at radius 1 is 1.35 bits per heavy atom. The first kappa shape index (κ1) is 18.6. The molecule has 9 nitrogen and oxygen atoms in total. The second-order valence-electron chi connectivity index (χ2n) is 6.81. The molecule has 9 heteroatoms. The van der Waals surface area contributed by atoms with Gasteiger partial charge in [-0.3, -0.25) is 9.79 Å². The van der Waals surface area contributed by atoms with E-state index in [4.69, 9.17) is 4.74 Å². The van der Waals surface area contributed by atoms with Crippen molar-refractivity contribution in [3.8, 4) is 0 Å². The number of nitrogens with one attached hydrogen (secondary N) is 2. The summed E-state index contributed by atoms with van der Waals surface area (Å²) < 4.78 is 7.03. The van der Waals surface area contributed by atoms with Crippen molar-refractivity contribution in [3.63, 3.8) is 0 Å². The maximum Gasteiger partial charge on any atom is 0.241 e. The van der Waals surface area contributed by atoms with Crippen LogP contribution in [0.15, 0.2) is 4.99 Å². The Labute approximate surface area is 154 Å². The van der Waals surface area contributed by atoms with Crippen LogP contribution in [0.5, 0.6) is 0 Å². The van der Waals surface area contributed by atoms with Crippen LogP contribution < -0.4 is 10.6 Å². The molecule has 0 aliphatic carbocycles. The van der Waals surface area contributed by atoms with Gasteiger partial charge in [0, 0.05) is 39.7 Å². The lowest BCUT2D eigenvalue weighted by molar-refractivity contribution is -0.130. The number of likely N-dealkylation sites (tertiary alicyclic amines) is 1. The summed E-state index contributed by atoms with van der Waals surface area (Å²) >= 11 is 0. The molecule has 2 aliphatic heterocycles. The fourth-order valence-corrected chi connectivity index (χ4v) is 3.47. The minimum atomic E-state index is 0.138. The van der Waals surface area contributed by atoms with Crippen LogP contribution in [0.25, 0.3) is 0 Å². The molecular weight excluding hydrogens is 334 g/mol. The highest BCUT2D eigenvalue weighted by Crippen LogP contribution is 2.13. The summed E-state index contributed by atoms with van der Waals surface area (Å²) in [5, 5.41) is 11.0. The van der Waals surface area contributed by atoms with Crippen LogP contribution in [-0.4, -0.2) is 71.4 Å². The van der Waals surface area contributed by atoms with Gasteiger partial charge in [-0.25, -0.2) is 9.67 Å². The van der Waals surface area contributed by atoms with Crippen molar-refractivity contribution >= 4 is 11.9 Å². The van der Waals surface area contributed by atoms with Gasteiger partial charge in [0.25, 0.3) is 0 Å². The van der Waals surface area contributed by atoms with Crippen LogP contribution in [0.1, 0.15) is 37.3 Å². The van der Waals surface area contributed by atoms with Gasteiger partial charge in [-0.05, 0) is 25.7 Å². The van der Waals surface area contributed by atoms with Gasteiger partial charge >= 0.3 is 0 Å². The first-order valence-electron chi connectivity index (χ1n) is 9.36. The lowest BCUT2D eigenvalue weighted by atomic mass is 10.1. The highest BCUT2D eigenvalue weighted by Gasteiger charge is 2.23. The van der Waals surface area contributed by atoms with Gasteiger partial charge < -0.3 is 20.3 Å². The second kappa shape index (κ2) is 8.98. The molecule has 0 aromatic carbocycles. The first-order chi connectivity index (χ1) is 12.7. The van der Waals surface area contributed by atoms with Gasteiger partial charge in [0.1, 0.15) is 12.4 Å². The van der Waals surface area contributed by atoms with Crippen LogP contribution in [-0.2, 0) is 29.1 Å². The number of hydrogen-bond donors (Lipinski definition) is 2. The number of carbonyl (C=O) groups is 1. The molecule has 1 amide bonds. The van der Waals surface area contributed by atoms with Crippen molar-refractivity contribution in [2.75, 3.05) is 33.8 Å². The second-order valence-corrected chi connectivity index (χ2v) is 6.81. The average molecular weight is 363 g/mol. The summed E-state index contributed by atoms with van der Waals surface area (Å²) in [5.41, 5.74) is 0. The third-order valence-corrected chi connectivity index (χ3v) is 4.86. The lowest BCUT2D eigenvalue weighted by Crippen LogP contribution is -2.50. The summed E-state index contributed by atoms with van der Waals surface area (Å²) in [6.07, 6.45) is 5.24. The van der Waals surface area contributed by atoms with E-state index >= 15 is 0 Å². The van der Waals surface area contributed by atoms with Gasteiger partial charge in [-0.15, -0.1) is 0 Å². The first-order valence-corrected chi connectivity index (χ1v) is 9.36. The number of rotatable bonds is 5. The number of fused-ring (bicyclic) bond motifs is 1. The molecule has 2 aliphatic rings. The fraction of sp³-hybridized carbons (Fsp3) is 0.765. The van der Waals surface area contributed by atoms with E-state index in [2.05, 4.69) is 25.7 Å². The van der Waals surface area contributed by atoms with E-state index in [1.54, 1.807) is 14.2 Å². The molecule has 1 aromatic rings. The zero-order valence-electron chi connectivity index (χ0n) is 15.7. The molecule has 0 radical (unpaired) electrons. The number of piperidine rings is 1. The molecule has 1 fully saturated rings. The Balaban J connectivity index is 1.48. The number of amides is 1. The van der Waals surface area contributed by atoms with E-state index in [0.717, 1.165) is 57.0 Å². The molecule has 1 unspecified atom stereocenters. The number of carbonyl (C=O) groups excluding carboxylic acids is 1. The zero-order chi connectivity index (χ0) is 18.4. The molecule has 1 aromatic heterocycles. The lowest BCUT2D eigenvalue weighted by Gasteiger charge is -2.28. The van der Waals surface area contributed by atoms with Crippen molar-refractivity contribution in [2.24, 2.45) is 4.99 Å². The number of hydrogen-bond acceptors (Lipinski definition) is 5. The number of aryl methyl sites for hydroxylation is 1. The Morgan fingerprint density at radius 2 is 2.15 bits per heavy atom. The van der Waals surface area contributed by atoms with Crippen molar-refractivity contribution in [1.82, 2.24) is 30.3 Å². The van der Waals surface area contributed by atoms with Crippen molar-refractivity contribution in [2.45, 2.75) is 51.3 Å². The predicted octanol–water partition coefficient (Wildman–Crippen LogP) is -0.0832. The van der Waals surface area contributed by atoms with Gasteiger partial charge in [0.05, 0.1) is 13.1 Å². The number of aromatic nitrogens is 3. The highest BCUT2D eigenvalue weighted by molar-refractivity contribution is 5.86. The van der Waals surface area contributed by atoms with Crippen molar-refractivity contribution in [1.29, 1.82) is 0 Å². The Kier molecular flexibility index (Phi) is 6.43. The molecule has 144 valence electrons. The largest absolute Gasteiger partial charge is 0.377 e. The summed E-state index contributed by atoms with van der Waals surface area (Å²) in [5.74, 6) is 2.51. The Morgan fingerprint density at radius 3 is 2.88 bits per heavy atom. The normalized spacial score (nSPS) is 20.6. The average Bonchev–Trinajstić information content (AvgIpc) is 3.07. The number of nitrogens with zero attached hydrogens (tertiary/aromatic N) is 5. The minimum Gasteiger partial charge on any atom is -0.377 e. The molecule has 3 heterocycles. The number of methoxy groups -OCH3 is 1. The molecule has 1 atom stereocenters. The third-order valence-electron chi connectivity index (χ3n) is 4.86. The van der Waals surface area contributed by atoms with Gasteiger partial charge in [-0.2, -0.15) is 5.10 Å². The standard InChI is InChI=1S/C17H29N7O2/c1-18-17(19-10-16(25)23-8-4-3-5-9-23)20-13-6-7-15-21-14(12-26-2)22-24(15)11-13/h13H,3-12H2,1-2H3,(H2,18,19,20). The third kappa shape index (κ3) is 4.72. The highest BCUT2D eigenvalue weighted by atomic mass is 16.5. The van der Waals surface area contributed by atoms with Gasteiger partial charge in [0.15, 0.2) is 11.8 Å². The smallest absolute Gasteiger partial charge is 0.241 e. The molecule has 26 heavy (non-hydrogen) atoms. The molecule has 3 rings (SSSR count). The maximum absolute atomic E-state index is 12.3. The molecule has 2 N–H and O–H groups in total. The minimum absolute atomic E-state index is 0.138. The van der Waals surface area contributed by atoms with Crippen LogP contribution in [0.3, 0.4) is 0 Å². The summed E-state index contributed by atoms with van der Waals surface area (Å²) in [6, 6.07) is 0.205. The van der Waals surface area contributed by atoms with Crippen LogP contribution in [0.4, 0.5) is 0 Å². The Hall–Kier alpha value is -2.16. The molecule has 0 spiro atoms. The summed E-state index contributed by atoms with van der Waals surface area (Å²) in [7, 11) is 3.37. The van der Waals surface area contributed by atoms with E-state index in [1.165, 1.54) is 6.42 Å². The molecule has 0 bridgehead atoms. The number of ether oxygens (including phenoxy) is 1. The summed E-state index contributed by atoms with van der Waals surface area (Å²) in [4.78, 5) is 23.0. The SMILES string of the molecule is CN=C(NCC(=O)N1CCCCC1)NC1CCc2nc(COC)nn2C1. The van der Waals surface area contributed by atoms with Crippen LogP contribution in [0.2, 0.25) is 0 Å². The van der Waals surface area contributed by atoms with Gasteiger partial charge in [-0.1, -0.05) is 0 Å². The topological polar surface area (TPSA) is 96.7 Å². The van der Waals surface area contributed by atoms with Crippen LogP contribution >= 0.6 is 0 Å². The fourth-order valence-electron chi connectivity index (χ4n) is 3.47. The summed E-state index contributed by atoms with van der Waals surface area (Å²) in [6.45, 7) is 3.17. The zero-order valence-corrected chi connectivity index (χ0v) is 15.7. The van der Waals surface area contributed by atoms with E-state index in [9.17, 15) is 4.79 Å². The maximum atomic E-state index is 12.3. The van der Waals surface area contributed by atoms with E-state index < -0.39 is 0 Å². The van der Waals surface area contributed by atoms with Crippen molar-refractivity contribution < 1.29 is 9.53 Å². The predicted molar refractivity (Wildman–Crippen MR) is 97.8 cm³/mol. The molecular formula is C17H29N7O2.